The van der Waals surface area contributed by atoms with Crippen LogP contribution < -0.4 is 34.7 Å². The van der Waals surface area contributed by atoms with E-state index < -0.39 is 24.6 Å². The number of aliphatic carboxylic acids is 1. The molecule has 0 fully saturated rings. The van der Waals surface area contributed by atoms with Crippen molar-refractivity contribution in [3.05, 3.63) is 78.1 Å². The maximum atomic E-state index is 10.7. The number of carboxylic acid groups (broad SMARTS) is 1. The molecule has 2 aromatic heterocycles. The summed E-state index contributed by atoms with van der Waals surface area (Å²) in [5, 5.41) is 37.9. The smallest absolute Gasteiger partial charge is 0.550 e. The predicted molar refractivity (Wildman–Crippen MR) is 128 cm³/mol. The third-order valence-corrected chi connectivity index (χ3v) is 5.76. The summed E-state index contributed by atoms with van der Waals surface area (Å²) < 4.78 is 1.98. The van der Waals surface area contributed by atoms with Gasteiger partial charge in [0, 0.05) is 40.7 Å². The number of hydrogen-bond acceptors (Lipinski definition) is 5. The van der Waals surface area contributed by atoms with Gasteiger partial charge in [0.05, 0.1) is 29.6 Å². The standard InChI is InChI=1S/C27H28N2O4.Na/c1-17(2)26-23(13-12-20(30)14-21(31)15-24(32)33)25(18-8-4-3-5-9-18)27-22-11-7-6-10-19(22)16-28-29(26)27;/h3-13,16-17,20-21,30-31H,14-15H2,1-2H3,(H,32,33);/q;+1/p-1. The van der Waals surface area contributed by atoms with E-state index in [0.29, 0.717) is 0 Å². The second-order valence-electron chi connectivity index (χ2n) is 8.58. The minimum absolute atomic E-state index is 0. The maximum absolute atomic E-state index is 10.7. The van der Waals surface area contributed by atoms with Crippen LogP contribution in [-0.4, -0.2) is 38.0 Å². The van der Waals surface area contributed by atoms with Crippen molar-refractivity contribution in [3.63, 3.8) is 0 Å². The van der Waals surface area contributed by atoms with Gasteiger partial charge in [-0.05, 0) is 11.5 Å². The van der Waals surface area contributed by atoms with Gasteiger partial charge in [0.15, 0.2) is 0 Å². The molecule has 0 aliphatic rings. The van der Waals surface area contributed by atoms with Gasteiger partial charge in [0.1, 0.15) is 0 Å². The van der Waals surface area contributed by atoms with E-state index in [1.807, 2.05) is 53.2 Å². The van der Waals surface area contributed by atoms with E-state index in [9.17, 15) is 20.1 Å². The number of aromatic nitrogens is 2. The van der Waals surface area contributed by atoms with Crippen LogP contribution in [-0.2, 0) is 4.79 Å². The third kappa shape index (κ3) is 5.43. The number of aliphatic hydroxyl groups excluding tert-OH is 2. The van der Waals surface area contributed by atoms with Crippen molar-refractivity contribution in [1.29, 1.82) is 0 Å². The van der Waals surface area contributed by atoms with E-state index in [4.69, 9.17) is 5.10 Å². The normalized spacial score (nSPS) is 13.4. The van der Waals surface area contributed by atoms with Crippen LogP contribution >= 0.6 is 0 Å². The Bertz CT molecular complexity index is 1310. The van der Waals surface area contributed by atoms with Gasteiger partial charge >= 0.3 is 29.6 Å². The van der Waals surface area contributed by atoms with Gasteiger partial charge in [-0.1, -0.05) is 80.6 Å². The minimum atomic E-state index is -1.34. The molecule has 34 heavy (non-hydrogen) atoms. The molecule has 2 aromatic carbocycles. The number of benzene rings is 2. The van der Waals surface area contributed by atoms with Crippen molar-refractivity contribution in [2.45, 2.75) is 44.8 Å². The van der Waals surface area contributed by atoms with Gasteiger partial charge in [0.2, 0.25) is 0 Å². The second-order valence-corrected chi connectivity index (χ2v) is 8.58. The fraction of sp³-hybridized carbons (Fsp3) is 0.259. The van der Waals surface area contributed by atoms with E-state index in [2.05, 4.69) is 32.0 Å². The van der Waals surface area contributed by atoms with Gasteiger partial charge in [-0.3, -0.25) is 0 Å². The molecular formula is C27H27N2NaO4. The van der Waals surface area contributed by atoms with Crippen molar-refractivity contribution in [2.75, 3.05) is 0 Å². The molecule has 2 atom stereocenters. The summed E-state index contributed by atoms with van der Waals surface area (Å²) in [6, 6.07) is 18.2. The molecule has 2 heterocycles. The number of nitrogens with zero attached hydrogens (tertiary/aromatic N) is 2. The van der Waals surface area contributed by atoms with Crippen LogP contribution in [0.2, 0.25) is 0 Å². The van der Waals surface area contributed by atoms with Crippen LogP contribution in [0.25, 0.3) is 33.5 Å². The topological polar surface area (TPSA) is 97.9 Å². The molecule has 0 saturated carbocycles. The summed E-state index contributed by atoms with van der Waals surface area (Å²) >= 11 is 0. The summed E-state index contributed by atoms with van der Waals surface area (Å²) in [5.41, 5.74) is 4.99. The fourth-order valence-corrected chi connectivity index (χ4v) is 4.37. The number of rotatable bonds is 8. The molecular weight excluding hydrogens is 439 g/mol. The zero-order valence-electron chi connectivity index (χ0n) is 19.7. The Hall–Kier alpha value is -2.48. The Kier molecular flexibility index (Phi) is 8.68. The number of fused-ring (bicyclic) bond motifs is 3. The molecule has 4 aromatic rings. The maximum Gasteiger partial charge on any atom is 1.00 e. The van der Waals surface area contributed by atoms with Gasteiger partial charge in [-0.25, -0.2) is 4.52 Å². The van der Waals surface area contributed by atoms with E-state index in [-0.39, 0.29) is 41.9 Å². The average molecular weight is 467 g/mol. The van der Waals surface area contributed by atoms with Crippen molar-refractivity contribution in [1.82, 2.24) is 9.61 Å². The molecule has 0 aliphatic heterocycles. The molecule has 6 nitrogen and oxygen atoms in total. The number of aliphatic hydroxyl groups is 2. The number of carbonyl (C=O) groups is 1. The van der Waals surface area contributed by atoms with E-state index in [1.165, 1.54) is 0 Å². The van der Waals surface area contributed by atoms with Gasteiger partial charge < -0.3 is 20.1 Å². The van der Waals surface area contributed by atoms with Crippen LogP contribution in [0.15, 0.2) is 66.9 Å². The Morgan fingerprint density at radius 1 is 1.09 bits per heavy atom. The van der Waals surface area contributed by atoms with Crippen molar-refractivity contribution in [2.24, 2.45) is 0 Å². The summed E-state index contributed by atoms with van der Waals surface area (Å²) in [5.74, 6) is -1.20. The molecule has 4 rings (SSSR count). The molecule has 0 spiro atoms. The Morgan fingerprint density at radius 3 is 2.44 bits per heavy atom. The van der Waals surface area contributed by atoms with E-state index >= 15 is 0 Å². The zero-order valence-corrected chi connectivity index (χ0v) is 21.7. The molecule has 7 heteroatoms. The molecule has 0 saturated heterocycles. The van der Waals surface area contributed by atoms with Crippen LogP contribution in [0.1, 0.15) is 43.9 Å². The summed E-state index contributed by atoms with van der Waals surface area (Å²) in [6.07, 6.45) is 2.55. The summed E-state index contributed by atoms with van der Waals surface area (Å²) in [6.45, 7) is 4.20. The Morgan fingerprint density at radius 2 is 1.76 bits per heavy atom. The minimum Gasteiger partial charge on any atom is -0.550 e. The molecule has 0 bridgehead atoms. The van der Waals surface area contributed by atoms with Gasteiger partial charge in [0.25, 0.3) is 0 Å². The van der Waals surface area contributed by atoms with E-state index in [1.54, 1.807) is 6.08 Å². The zero-order chi connectivity index (χ0) is 23.5. The number of hydrogen-bond donors (Lipinski definition) is 2. The van der Waals surface area contributed by atoms with E-state index in [0.717, 1.165) is 38.7 Å². The van der Waals surface area contributed by atoms with Crippen molar-refractivity contribution >= 4 is 28.3 Å². The van der Waals surface area contributed by atoms with Crippen LogP contribution in [0.5, 0.6) is 0 Å². The monoisotopic (exact) mass is 466 g/mol. The molecule has 0 radical (unpaired) electrons. The Balaban J connectivity index is 0.00000324. The van der Waals surface area contributed by atoms with Gasteiger partial charge in [-0.15, -0.1) is 0 Å². The second kappa shape index (κ2) is 11.3. The SMILES string of the molecule is CC(C)c1c(C=CC(O)CC(O)CC(=O)[O-])c(-c2ccccc2)c2c3ccccc3cnn12.[Na+]. The first-order chi connectivity index (χ1) is 15.9. The van der Waals surface area contributed by atoms with Crippen LogP contribution in [0.3, 0.4) is 0 Å². The first-order valence-electron chi connectivity index (χ1n) is 11.1. The van der Waals surface area contributed by atoms with Crippen molar-refractivity contribution in [3.8, 4) is 11.1 Å². The molecule has 2 N–H and O–H groups in total. The van der Waals surface area contributed by atoms with Gasteiger partial charge in [-0.2, -0.15) is 5.10 Å². The summed E-state index contributed by atoms with van der Waals surface area (Å²) in [4.78, 5) is 10.7. The summed E-state index contributed by atoms with van der Waals surface area (Å²) in [7, 11) is 0. The number of carbonyl (C=O) groups excluding carboxylic acids is 1. The first-order valence-corrected chi connectivity index (χ1v) is 11.1. The first kappa shape index (κ1) is 26.1. The average Bonchev–Trinajstić information content (AvgIpc) is 3.12. The Labute approximate surface area is 220 Å². The van der Waals surface area contributed by atoms with Crippen molar-refractivity contribution < 1.29 is 49.7 Å². The largest absolute Gasteiger partial charge is 1.00 e. The molecule has 0 amide bonds. The third-order valence-electron chi connectivity index (χ3n) is 5.76. The predicted octanol–water partition coefficient (Wildman–Crippen LogP) is 0.547. The molecule has 2 unspecified atom stereocenters. The van der Waals surface area contributed by atoms with Crippen LogP contribution in [0, 0.1) is 0 Å². The molecule has 0 aliphatic carbocycles. The number of carboxylic acids is 1. The fourth-order valence-electron chi connectivity index (χ4n) is 4.37. The molecule has 170 valence electrons. The quantitative estimate of drug-likeness (QED) is 0.370. The van der Waals surface area contributed by atoms with Crippen LogP contribution in [0.4, 0.5) is 0 Å².